The number of hydrogen-bond acceptors (Lipinski definition) is 3. The van der Waals surface area contributed by atoms with Crippen LogP contribution >= 0.6 is 0 Å². The van der Waals surface area contributed by atoms with Gasteiger partial charge >= 0.3 is 0 Å². The zero-order chi connectivity index (χ0) is 41.0. The molecule has 5 nitrogen and oxygen atoms in total. The summed E-state index contributed by atoms with van der Waals surface area (Å²) in [5, 5.41) is 10.2. The lowest BCUT2D eigenvalue weighted by Gasteiger charge is -2.13. The van der Waals surface area contributed by atoms with Crippen LogP contribution in [0.2, 0.25) is 0 Å². The molecule has 0 saturated carbocycles. The second kappa shape index (κ2) is 14.7. The highest BCUT2D eigenvalue weighted by Gasteiger charge is 2.22. The van der Waals surface area contributed by atoms with Crippen LogP contribution in [-0.2, 0) is 0 Å². The highest BCUT2D eigenvalue weighted by atomic mass is 15.2. The molecule has 8 aromatic carbocycles. The smallest absolute Gasteiger partial charge is 0.160 e. The molecule has 4 heterocycles. The zero-order valence-electron chi connectivity index (χ0n) is 33.6. The fraction of sp³-hybridized carbons (Fsp3) is 0. The van der Waals surface area contributed by atoms with Crippen molar-refractivity contribution in [2.75, 3.05) is 0 Å². The largest absolute Gasteiger partial charge is 0.309 e. The molecule has 0 aliphatic rings. The van der Waals surface area contributed by atoms with Crippen LogP contribution in [0.25, 0.3) is 111 Å². The monoisotopic (exact) mass is 791 g/mol. The quantitative estimate of drug-likeness (QED) is 0.162. The Kier molecular flexibility index (Phi) is 8.42. The Morgan fingerprint density at radius 1 is 0.355 bits per heavy atom. The van der Waals surface area contributed by atoms with Crippen molar-refractivity contribution in [2.45, 2.75) is 0 Å². The average molecular weight is 792 g/mol. The fourth-order valence-corrected chi connectivity index (χ4v) is 9.05. The number of aromatic nitrogens is 5. The summed E-state index contributed by atoms with van der Waals surface area (Å²) < 4.78 is 4.48. The molecule has 0 radical (unpaired) electrons. The topological polar surface area (TPSA) is 48.0 Å². The van der Waals surface area contributed by atoms with Gasteiger partial charge in [-0.15, -0.1) is 0 Å². The van der Waals surface area contributed by atoms with Crippen molar-refractivity contribution in [1.29, 1.82) is 0 Å². The number of benzene rings is 8. The molecular formula is C57H37N5. The lowest BCUT2D eigenvalue weighted by Crippen LogP contribution is -1.98. The number of rotatable bonds is 7. The van der Waals surface area contributed by atoms with Gasteiger partial charge in [-0.1, -0.05) is 188 Å². The summed E-state index contributed by atoms with van der Waals surface area (Å²) in [6.45, 7) is 0. The first kappa shape index (κ1) is 35.5. The molecule has 0 N–H and O–H groups in total. The number of para-hydroxylation sites is 2. The number of fused-ring (bicyclic) bond motifs is 6. The van der Waals surface area contributed by atoms with Crippen LogP contribution in [0.15, 0.2) is 224 Å². The van der Waals surface area contributed by atoms with Crippen molar-refractivity contribution >= 4 is 38.1 Å². The molecule has 0 aliphatic heterocycles. The molecule has 5 heteroatoms. The van der Waals surface area contributed by atoms with E-state index in [9.17, 15) is 0 Å². The molecule has 0 aliphatic carbocycles. The normalized spacial score (nSPS) is 11.5. The number of pyridine rings is 1. The first-order valence-corrected chi connectivity index (χ1v) is 20.9. The number of nitrogens with zero attached hydrogens (tertiary/aromatic N) is 5. The van der Waals surface area contributed by atoms with Gasteiger partial charge in [0, 0.05) is 55.2 Å². The Bertz CT molecular complexity index is 3550. The van der Waals surface area contributed by atoms with Gasteiger partial charge < -0.3 is 4.57 Å². The molecule has 0 spiro atoms. The molecule has 0 unspecified atom stereocenters. The van der Waals surface area contributed by atoms with Crippen LogP contribution in [0.1, 0.15) is 0 Å². The van der Waals surface area contributed by atoms with Crippen molar-refractivity contribution in [3.8, 4) is 73.2 Å². The molecule has 62 heavy (non-hydrogen) atoms. The van der Waals surface area contributed by atoms with Gasteiger partial charge in [0.05, 0.1) is 33.6 Å². The van der Waals surface area contributed by atoms with Crippen LogP contribution in [0.3, 0.4) is 0 Å². The minimum Gasteiger partial charge on any atom is -0.309 e. The molecule has 0 amide bonds. The van der Waals surface area contributed by atoms with Crippen molar-refractivity contribution in [3.63, 3.8) is 0 Å². The van der Waals surface area contributed by atoms with E-state index in [1.165, 1.54) is 16.2 Å². The van der Waals surface area contributed by atoms with Crippen LogP contribution in [0, 0.1) is 0 Å². The average Bonchev–Trinajstić information content (AvgIpc) is 3.92. The summed E-state index contributed by atoms with van der Waals surface area (Å²) in [6, 6.07) is 79.0. The van der Waals surface area contributed by atoms with Gasteiger partial charge in [0.15, 0.2) is 5.82 Å². The number of hydrogen-bond donors (Lipinski definition) is 0. The first-order valence-electron chi connectivity index (χ1n) is 20.9. The minimum absolute atomic E-state index is 0.668. The first-order chi connectivity index (χ1) is 30.7. The Morgan fingerprint density at radius 2 is 0.871 bits per heavy atom. The van der Waals surface area contributed by atoms with Crippen molar-refractivity contribution in [1.82, 2.24) is 24.1 Å². The van der Waals surface area contributed by atoms with E-state index < -0.39 is 0 Å². The Balaban J connectivity index is 1.02. The fourth-order valence-electron chi connectivity index (χ4n) is 9.05. The predicted molar refractivity (Wildman–Crippen MR) is 255 cm³/mol. The Hall–Kier alpha value is -8.41. The molecule has 12 aromatic rings. The van der Waals surface area contributed by atoms with E-state index in [-0.39, 0.29) is 0 Å². The SMILES string of the molecule is c1ccc(-c2cc(-c3ccc(-c4c(-c5ccccc5)nn5c(-c6ccccc6)cc6ccccc6c45)cc3)nc(-c3cccc(-n4c5ccccc5c5ccccc54)c3)n2)cc1. The molecule has 0 saturated heterocycles. The highest BCUT2D eigenvalue weighted by molar-refractivity contribution is 6.10. The van der Waals surface area contributed by atoms with E-state index in [1.807, 2.05) is 6.07 Å². The molecule has 0 fully saturated rings. The summed E-state index contributed by atoms with van der Waals surface area (Å²) in [4.78, 5) is 10.5. The van der Waals surface area contributed by atoms with E-state index >= 15 is 0 Å². The van der Waals surface area contributed by atoms with Gasteiger partial charge in [-0.05, 0) is 47.3 Å². The third kappa shape index (κ3) is 5.98. The maximum Gasteiger partial charge on any atom is 0.160 e. The highest BCUT2D eigenvalue weighted by Crippen LogP contribution is 2.42. The maximum absolute atomic E-state index is 5.41. The van der Waals surface area contributed by atoms with E-state index in [4.69, 9.17) is 15.1 Å². The van der Waals surface area contributed by atoms with Crippen LogP contribution in [0.4, 0.5) is 0 Å². The summed E-state index contributed by atoms with van der Waals surface area (Å²) in [7, 11) is 0. The van der Waals surface area contributed by atoms with Gasteiger partial charge in [0.2, 0.25) is 0 Å². The van der Waals surface area contributed by atoms with E-state index in [0.717, 1.165) is 89.3 Å². The Labute approximate surface area is 358 Å². The molecule has 0 atom stereocenters. The Morgan fingerprint density at radius 3 is 1.53 bits per heavy atom. The van der Waals surface area contributed by atoms with E-state index in [0.29, 0.717) is 5.82 Å². The van der Waals surface area contributed by atoms with Gasteiger partial charge in [-0.3, -0.25) is 0 Å². The molecule has 0 bridgehead atoms. The second-order valence-corrected chi connectivity index (χ2v) is 15.7. The van der Waals surface area contributed by atoms with E-state index in [2.05, 4.69) is 227 Å². The lowest BCUT2D eigenvalue weighted by atomic mass is 9.95. The second-order valence-electron chi connectivity index (χ2n) is 15.7. The summed E-state index contributed by atoms with van der Waals surface area (Å²) in [5.41, 5.74) is 15.5. The minimum atomic E-state index is 0.668. The lowest BCUT2D eigenvalue weighted by molar-refractivity contribution is 0.979. The predicted octanol–water partition coefficient (Wildman–Crippen LogP) is 14.4. The van der Waals surface area contributed by atoms with Crippen molar-refractivity contribution < 1.29 is 0 Å². The van der Waals surface area contributed by atoms with Gasteiger partial charge in [0.1, 0.15) is 5.69 Å². The van der Waals surface area contributed by atoms with Gasteiger partial charge in [-0.2, -0.15) is 5.10 Å². The van der Waals surface area contributed by atoms with Crippen LogP contribution < -0.4 is 0 Å². The van der Waals surface area contributed by atoms with Gasteiger partial charge in [0.25, 0.3) is 0 Å². The van der Waals surface area contributed by atoms with Crippen LogP contribution in [-0.4, -0.2) is 24.1 Å². The third-order valence-corrected chi connectivity index (χ3v) is 11.9. The molecular weight excluding hydrogens is 755 g/mol. The summed E-state index contributed by atoms with van der Waals surface area (Å²) in [6.07, 6.45) is 0. The zero-order valence-corrected chi connectivity index (χ0v) is 33.6. The standard InChI is InChI=1S/C57H37N5/c1-4-17-38(18-5-1)49-37-50(59-57(58-49)44-24-16-25-45(35-44)61-51-29-14-12-27-47(51)48-28-13-15-30-52(48)61)39-31-33-41(34-32-39)54-55(42-21-8-3-9-22-42)60-62-53(40-19-6-2-7-20-40)36-43-23-10-11-26-46(43)56(54)62/h1-37H. The summed E-state index contributed by atoms with van der Waals surface area (Å²) >= 11 is 0. The van der Waals surface area contributed by atoms with Crippen LogP contribution in [0.5, 0.6) is 0 Å². The van der Waals surface area contributed by atoms with Gasteiger partial charge in [-0.25, -0.2) is 14.5 Å². The molecule has 12 rings (SSSR count). The third-order valence-electron chi connectivity index (χ3n) is 11.9. The summed E-state index contributed by atoms with van der Waals surface area (Å²) in [5.74, 6) is 0.668. The molecule has 4 aromatic heterocycles. The van der Waals surface area contributed by atoms with E-state index in [1.54, 1.807) is 0 Å². The van der Waals surface area contributed by atoms with Crippen molar-refractivity contribution in [3.05, 3.63) is 224 Å². The van der Waals surface area contributed by atoms with Crippen molar-refractivity contribution in [2.24, 2.45) is 0 Å². The molecule has 290 valence electrons. The maximum atomic E-state index is 5.41.